The van der Waals surface area contributed by atoms with E-state index >= 15 is 0 Å². The summed E-state index contributed by atoms with van der Waals surface area (Å²) < 4.78 is 1.62. The van der Waals surface area contributed by atoms with Crippen molar-refractivity contribution in [3.63, 3.8) is 0 Å². The number of hydrogen-bond acceptors (Lipinski definition) is 5. The van der Waals surface area contributed by atoms with Crippen LogP contribution in [0, 0.1) is 11.8 Å². The van der Waals surface area contributed by atoms with Crippen molar-refractivity contribution in [3.05, 3.63) is 69.9 Å². The first-order valence-electron chi connectivity index (χ1n) is 11.0. The van der Waals surface area contributed by atoms with Gasteiger partial charge in [0.15, 0.2) is 0 Å². The monoisotopic (exact) mass is 435 g/mol. The highest BCUT2D eigenvalue weighted by Crippen LogP contribution is 2.48. The zero-order valence-electron chi connectivity index (χ0n) is 17.6. The van der Waals surface area contributed by atoms with E-state index in [2.05, 4.69) is 11.1 Å². The highest BCUT2D eigenvalue weighted by molar-refractivity contribution is 5.82. The first kappa shape index (κ1) is 20.6. The molecule has 1 fully saturated rings. The van der Waals surface area contributed by atoms with Crippen LogP contribution < -0.4 is 5.56 Å². The molecule has 1 aliphatic carbocycles. The third-order valence-corrected chi connectivity index (χ3v) is 7.06. The van der Waals surface area contributed by atoms with Gasteiger partial charge in [0.1, 0.15) is 0 Å². The molecule has 8 nitrogen and oxygen atoms in total. The number of nitrogens with zero attached hydrogens (tertiary/aromatic N) is 3. The van der Waals surface area contributed by atoms with Gasteiger partial charge in [0.2, 0.25) is 5.91 Å². The third-order valence-electron chi connectivity index (χ3n) is 7.06. The van der Waals surface area contributed by atoms with E-state index in [0.717, 1.165) is 24.8 Å². The molecule has 2 aromatic heterocycles. The van der Waals surface area contributed by atoms with E-state index in [9.17, 15) is 24.6 Å². The molecule has 4 heterocycles. The van der Waals surface area contributed by atoms with Gasteiger partial charge in [0, 0.05) is 42.2 Å². The summed E-state index contributed by atoms with van der Waals surface area (Å²) in [7, 11) is 0. The number of pyridine rings is 2. The minimum atomic E-state index is -1.07. The molecule has 2 aromatic rings. The van der Waals surface area contributed by atoms with Crippen LogP contribution >= 0.6 is 0 Å². The number of allylic oxidation sites excluding steroid dienone is 2. The molecule has 166 valence electrons. The van der Waals surface area contributed by atoms with Crippen molar-refractivity contribution in [2.75, 3.05) is 6.61 Å². The number of amides is 1. The Morgan fingerprint density at radius 2 is 2.03 bits per heavy atom. The molecular weight excluding hydrogens is 410 g/mol. The normalized spacial score (nSPS) is 26.0. The average molecular weight is 435 g/mol. The second-order valence-electron chi connectivity index (χ2n) is 8.73. The molecular formula is C24H25N3O5. The molecule has 0 unspecified atom stereocenters. The molecule has 0 saturated carbocycles. The number of carboxylic acid groups (broad SMARTS) is 1. The lowest BCUT2D eigenvalue weighted by molar-refractivity contribution is -0.145. The van der Waals surface area contributed by atoms with Crippen molar-refractivity contribution in [3.8, 4) is 0 Å². The van der Waals surface area contributed by atoms with Gasteiger partial charge < -0.3 is 19.7 Å². The molecule has 32 heavy (non-hydrogen) atoms. The molecule has 1 amide bonds. The Labute approximate surface area is 184 Å². The Bertz CT molecular complexity index is 1160. The number of carbonyl (C=O) groups is 2. The summed E-state index contributed by atoms with van der Waals surface area (Å²) >= 11 is 0. The summed E-state index contributed by atoms with van der Waals surface area (Å²) in [4.78, 5) is 44.8. The number of aliphatic hydroxyl groups is 1. The van der Waals surface area contributed by atoms with Gasteiger partial charge in [0.05, 0.1) is 24.4 Å². The third kappa shape index (κ3) is 3.17. The average Bonchev–Trinajstić information content (AvgIpc) is 3.39. The van der Waals surface area contributed by atoms with Gasteiger partial charge in [-0.05, 0) is 49.1 Å². The van der Waals surface area contributed by atoms with Crippen LogP contribution in [0.25, 0.3) is 5.57 Å². The van der Waals surface area contributed by atoms with Gasteiger partial charge in [-0.3, -0.25) is 19.4 Å². The van der Waals surface area contributed by atoms with Crippen LogP contribution in [0.3, 0.4) is 0 Å². The largest absolute Gasteiger partial charge is 0.481 e. The Kier molecular flexibility index (Phi) is 5.17. The summed E-state index contributed by atoms with van der Waals surface area (Å²) in [6.45, 7) is -0.193. The van der Waals surface area contributed by atoms with Gasteiger partial charge in [-0.1, -0.05) is 12.1 Å². The molecule has 0 aromatic carbocycles. The van der Waals surface area contributed by atoms with Gasteiger partial charge in [-0.15, -0.1) is 0 Å². The van der Waals surface area contributed by atoms with Crippen LogP contribution in [0.2, 0.25) is 0 Å². The number of aliphatic hydroxyl groups excluding tert-OH is 1. The van der Waals surface area contributed by atoms with Crippen molar-refractivity contribution in [2.45, 2.75) is 44.3 Å². The first-order valence-corrected chi connectivity index (χ1v) is 11.0. The fraction of sp³-hybridized carbons (Fsp3) is 0.417. The van der Waals surface area contributed by atoms with Crippen LogP contribution in [-0.2, 0) is 22.6 Å². The topological polar surface area (TPSA) is 113 Å². The highest BCUT2D eigenvalue weighted by atomic mass is 16.4. The Hall–Kier alpha value is -3.26. The van der Waals surface area contributed by atoms with E-state index in [-0.39, 0.29) is 31.0 Å². The molecule has 2 N–H and O–H groups in total. The van der Waals surface area contributed by atoms with E-state index < -0.39 is 29.9 Å². The number of carbonyl (C=O) groups excluding carboxylic acids is 1. The number of carboxylic acids is 1. The van der Waals surface area contributed by atoms with Crippen LogP contribution in [0.15, 0.2) is 47.4 Å². The standard InChI is InChI=1S/C24H25N3O5/c28-13-17-19-12-26-18(9-8-16(23(26)30)14-5-1-2-6-14)22(21(17)24(31)32)27(19)20(29)11-15-7-3-4-10-25-15/h3-5,7-10,17,19,21-22,28H,1-2,6,11-13H2,(H,31,32)/t17-,19-,21+,22+/m0/s1. The molecule has 8 heteroatoms. The van der Waals surface area contributed by atoms with Crippen LogP contribution in [-0.4, -0.2) is 49.2 Å². The summed E-state index contributed by atoms with van der Waals surface area (Å²) in [5.74, 6) is -2.96. The zero-order valence-corrected chi connectivity index (χ0v) is 17.6. The lowest BCUT2D eigenvalue weighted by Crippen LogP contribution is -2.49. The molecule has 2 aliphatic heterocycles. The Morgan fingerprint density at radius 1 is 1.19 bits per heavy atom. The Morgan fingerprint density at radius 3 is 2.69 bits per heavy atom. The summed E-state index contributed by atoms with van der Waals surface area (Å²) in [5, 5.41) is 20.1. The molecule has 2 bridgehead atoms. The first-order chi connectivity index (χ1) is 15.5. The van der Waals surface area contributed by atoms with Gasteiger partial charge >= 0.3 is 5.97 Å². The highest BCUT2D eigenvalue weighted by Gasteiger charge is 2.57. The van der Waals surface area contributed by atoms with Crippen molar-refractivity contribution in [1.29, 1.82) is 0 Å². The fourth-order valence-electron chi connectivity index (χ4n) is 5.64. The van der Waals surface area contributed by atoms with Crippen molar-refractivity contribution < 1.29 is 19.8 Å². The second-order valence-corrected chi connectivity index (χ2v) is 8.73. The van der Waals surface area contributed by atoms with Gasteiger partial charge in [-0.2, -0.15) is 0 Å². The summed E-state index contributed by atoms with van der Waals surface area (Å²) in [5.41, 5.74) is 2.64. The zero-order chi connectivity index (χ0) is 22.4. The number of hydrogen-bond donors (Lipinski definition) is 2. The SMILES string of the molecule is O=C(O)[C@@H]1[C@@H](CO)[C@@H]2Cn3c(ccc(C4=CCCC4)c3=O)[C@H]1N2C(=O)Cc1ccccn1. The quantitative estimate of drug-likeness (QED) is 0.738. The van der Waals surface area contributed by atoms with E-state index in [1.807, 2.05) is 0 Å². The number of aromatic nitrogens is 2. The van der Waals surface area contributed by atoms with E-state index in [1.54, 1.807) is 46.0 Å². The minimum absolute atomic E-state index is 0.0352. The van der Waals surface area contributed by atoms with Crippen LogP contribution in [0.1, 0.15) is 42.3 Å². The summed E-state index contributed by atoms with van der Waals surface area (Å²) in [6.07, 6.45) is 6.55. The lowest BCUT2D eigenvalue weighted by Gasteiger charge is -2.38. The van der Waals surface area contributed by atoms with Gasteiger partial charge in [-0.25, -0.2) is 0 Å². The second kappa shape index (κ2) is 8.02. The number of fused-ring (bicyclic) bond motifs is 4. The van der Waals surface area contributed by atoms with Crippen molar-refractivity contribution >= 4 is 17.4 Å². The predicted octanol–water partition coefficient (Wildman–Crippen LogP) is 1.63. The maximum atomic E-state index is 13.4. The smallest absolute Gasteiger partial charge is 0.309 e. The van der Waals surface area contributed by atoms with Crippen molar-refractivity contribution in [1.82, 2.24) is 14.5 Å². The van der Waals surface area contributed by atoms with E-state index in [4.69, 9.17) is 0 Å². The van der Waals surface area contributed by atoms with Gasteiger partial charge in [0.25, 0.3) is 5.56 Å². The van der Waals surface area contributed by atoms with E-state index in [0.29, 0.717) is 17.0 Å². The molecule has 0 spiro atoms. The fourth-order valence-corrected chi connectivity index (χ4v) is 5.64. The van der Waals surface area contributed by atoms with Crippen molar-refractivity contribution in [2.24, 2.45) is 11.8 Å². The molecule has 3 aliphatic rings. The van der Waals surface area contributed by atoms with Crippen LogP contribution in [0.4, 0.5) is 0 Å². The molecule has 1 saturated heterocycles. The summed E-state index contributed by atoms with van der Waals surface area (Å²) in [6, 6.07) is 7.49. The number of aliphatic carboxylic acids is 1. The molecule has 0 radical (unpaired) electrons. The maximum Gasteiger partial charge on any atom is 0.309 e. The van der Waals surface area contributed by atoms with Crippen LogP contribution in [0.5, 0.6) is 0 Å². The Balaban J connectivity index is 1.59. The lowest BCUT2D eigenvalue weighted by atomic mass is 9.87. The molecule has 4 atom stereocenters. The number of rotatable bonds is 5. The maximum absolute atomic E-state index is 13.4. The predicted molar refractivity (Wildman–Crippen MR) is 116 cm³/mol. The molecule has 5 rings (SSSR count). The van der Waals surface area contributed by atoms with E-state index in [1.165, 1.54) is 0 Å². The minimum Gasteiger partial charge on any atom is -0.481 e.